The summed E-state index contributed by atoms with van der Waals surface area (Å²) in [6.07, 6.45) is 3.26. The monoisotopic (exact) mass is 783 g/mol. The molecule has 2 aromatic heterocycles. The van der Waals surface area contributed by atoms with Crippen LogP contribution in [0.2, 0.25) is 0 Å². The van der Waals surface area contributed by atoms with Gasteiger partial charge in [0.05, 0.1) is 23.9 Å². The van der Waals surface area contributed by atoms with Crippen molar-refractivity contribution in [1.29, 1.82) is 0 Å². The lowest BCUT2D eigenvalue weighted by Crippen LogP contribution is -2.38. The van der Waals surface area contributed by atoms with Crippen LogP contribution in [0.25, 0.3) is 22.2 Å². The zero-order valence-electron chi connectivity index (χ0n) is 34.8. The Morgan fingerprint density at radius 2 is 1.41 bits per heavy atom. The molecule has 0 unspecified atom stereocenters. The third-order valence-corrected chi connectivity index (χ3v) is 11.4. The molecule has 0 spiro atoms. The average molecular weight is 784 g/mol. The summed E-state index contributed by atoms with van der Waals surface area (Å²) >= 11 is 0. The zero-order chi connectivity index (χ0) is 41.8. The fourth-order valence-electron chi connectivity index (χ4n) is 8.70. The van der Waals surface area contributed by atoms with E-state index in [4.69, 9.17) is 21.2 Å². The molecule has 7 rings (SSSR count). The second-order valence-corrected chi connectivity index (χ2v) is 15.7. The first-order valence-electron chi connectivity index (χ1n) is 20.4. The highest BCUT2D eigenvalue weighted by atomic mass is 16.5. The molecule has 2 heterocycles. The van der Waals surface area contributed by atoms with E-state index in [1.54, 1.807) is 17.9 Å². The van der Waals surface area contributed by atoms with Gasteiger partial charge in [0.2, 0.25) is 0 Å². The van der Waals surface area contributed by atoms with E-state index in [0.29, 0.717) is 40.1 Å². The number of methoxy groups -OCH3 is 1. The van der Waals surface area contributed by atoms with Gasteiger partial charge in [-0.2, -0.15) is 0 Å². The molecule has 59 heavy (non-hydrogen) atoms. The summed E-state index contributed by atoms with van der Waals surface area (Å²) in [6.45, 7) is 11.4. The summed E-state index contributed by atoms with van der Waals surface area (Å²) in [5, 5.41) is 0.687. The maximum Gasteiger partial charge on any atom is 0.324 e. The second kappa shape index (κ2) is 17.0. The maximum absolute atomic E-state index is 15.1. The van der Waals surface area contributed by atoms with E-state index < -0.39 is 17.0 Å². The van der Waals surface area contributed by atoms with E-state index in [-0.39, 0.29) is 23.2 Å². The van der Waals surface area contributed by atoms with Crippen molar-refractivity contribution < 1.29 is 9.53 Å². The standard InChI is InChI=1S/C51H53N5O3/c1-7-8-30-55-48-42(26-17-29-54-48)45(35-18-15-23-39(31-35)59-6)47(49(55)57)56(50(53)58)44-28-27-38(32-43(44)52)51(36-19-11-9-12-20-36,37-21-13-10-14-22-37)46-40(33(2)3)24-16-25-41(46)34(4)5/h9-29,31-34H,7-8,30,52H2,1-6H3,(H2,53,58). The molecule has 2 amide bonds. The van der Waals surface area contributed by atoms with Gasteiger partial charge in [0.15, 0.2) is 0 Å². The number of anilines is 3. The Kier molecular flexibility index (Phi) is 11.7. The van der Waals surface area contributed by atoms with Crippen molar-refractivity contribution in [2.75, 3.05) is 17.7 Å². The molecule has 7 aromatic rings. The quantitative estimate of drug-likeness (QED) is 0.0892. The molecule has 0 aliphatic heterocycles. The van der Waals surface area contributed by atoms with Gasteiger partial charge >= 0.3 is 6.03 Å². The van der Waals surface area contributed by atoms with Crippen LogP contribution in [-0.2, 0) is 12.0 Å². The number of benzene rings is 5. The Labute approximate surface area is 347 Å². The average Bonchev–Trinajstić information content (AvgIpc) is 3.25. The molecule has 0 saturated heterocycles. The molecule has 8 heteroatoms. The van der Waals surface area contributed by atoms with Crippen molar-refractivity contribution in [2.45, 2.75) is 71.3 Å². The number of aromatic nitrogens is 2. The van der Waals surface area contributed by atoms with Gasteiger partial charge in [0, 0.05) is 23.7 Å². The number of hydrogen-bond donors (Lipinski definition) is 2. The number of hydrogen-bond acceptors (Lipinski definition) is 5. The summed E-state index contributed by atoms with van der Waals surface area (Å²) in [6, 6.07) is 43.8. The van der Waals surface area contributed by atoms with Crippen molar-refractivity contribution in [3.05, 3.63) is 183 Å². The fraction of sp³-hybridized carbons (Fsp3) is 0.235. The van der Waals surface area contributed by atoms with Crippen LogP contribution in [0.3, 0.4) is 0 Å². The SMILES string of the molecule is CCCCn1c(=O)c(N(C(N)=O)c2ccc(C(c3ccccc3)(c3ccccc3)c3c(C(C)C)cccc3C(C)C)cc2N)c(-c2cccc(OC)c2)c2cccnc21. The number of nitrogens with zero attached hydrogens (tertiary/aromatic N) is 3. The number of carbonyl (C=O) groups is 1. The molecular formula is C51H53N5O3. The minimum Gasteiger partial charge on any atom is -0.497 e. The van der Waals surface area contributed by atoms with E-state index in [1.165, 1.54) is 21.6 Å². The highest BCUT2D eigenvalue weighted by Crippen LogP contribution is 2.51. The number of urea groups is 1. The minimum absolute atomic E-state index is 0.0893. The number of unbranched alkanes of at least 4 members (excludes halogenated alkanes) is 1. The van der Waals surface area contributed by atoms with Crippen LogP contribution in [0.1, 0.15) is 92.7 Å². The lowest BCUT2D eigenvalue weighted by Gasteiger charge is -2.41. The van der Waals surface area contributed by atoms with Gasteiger partial charge in [0.25, 0.3) is 5.56 Å². The Hall–Kier alpha value is -6.67. The third kappa shape index (κ3) is 7.24. The summed E-state index contributed by atoms with van der Waals surface area (Å²) < 4.78 is 7.27. The van der Waals surface area contributed by atoms with E-state index in [2.05, 4.69) is 101 Å². The first-order chi connectivity index (χ1) is 28.5. The summed E-state index contributed by atoms with van der Waals surface area (Å²) in [4.78, 5) is 35.1. The molecule has 0 aliphatic carbocycles. The Morgan fingerprint density at radius 3 is 1.97 bits per heavy atom. The van der Waals surface area contributed by atoms with Crippen LogP contribution in [0.5, 0.6) is 5.75 Å². The lowest BCUT2D eigenvalue weighted by molar-refractivity contribution is 0.256. The number of ether oxygens (including phenoxy) is 1. The maximum atomic E-state index is 15.1. The number of pyridine rings is 2. The number of primary amides is 1. The predicted octanol–water partition coefficient (Wildman–Crippen LogP) is 11.3. The van der Waals surface area contributed by atoms with E-state index >= 15 is 4.79 Å². The van der Waals surface area contributed by atoms with E-state index in [0.717, 1.165) is 29.5 Å². The van der Waals surface area contributed by atoms with Crippen molar-refractivity contribution in [3.63, 3.8) is 0 Å². The van der Waals surface area contributed by atoms with Gasteiger partial charge in [0.1, 0.15) is 17.1 Å². The van der Waals surface area contributed by atoms with Gasteiger partial charge in [-0.05, 0) is 93.6 Å². The third-order valence-electron chi connectivity index (χ3n) is 11.4. The number of nitrogen functional groups attached to an aromatic ring is 1. The van der Waals surface area contributed by atoms with Crippen LogP contribution in [0.15, 0.2) is 144 Å². The minimum atomic E-state index is -0.847. The fourth-order valence-corrected chi connectivity index (χ4v) is 8.70. The second-order valence-electron chi connectivity index (χ2n) is 15.7. The normalized spacial score (nSPS) is 11.7. The summed E-state index contributed by atoms with van der Waals surface area (Å²) in [5.74, 6) is 0.991. The molecule has 5 aromatic carbocycles. The highest BCUT2D eigenvalue weighted by Gasteiger charge is 2.43. The number of carbonyl (C=O) groups excluding carboxylic acids is 1. The van der Waals surface area contributed by atoms with Gasteiger partial charge in [-0.25, -0.2) is 9.78 Å². The van der Waals surface area contributed by atoms with Crippen molar-refractivity contribution in [2.24, 2.45) is 5.73 Å². The number of amides is 2. The summed E-state index contributed by atoms with van der Waals surface area (Å²) in [5.41, 5.74) is 21.4. The first-order valence-corrected chi connectivity index (χ1v) is 20.4. The number of aryl methyl sites for hydroxylation is 1. The smallest absolute Gasteiger partial charge is 0.324 e. The van der Waals surface area contributed by atoms with Crippen molar-refractivity contribution in [1.82, 2.24) is 9.55 Å². The molecule has 0 fully saturated rings. The van der Waals surface area contributed by atoms with Crippen LogP contribution < -0.4 is 26.7 Å². The molecule has 0 aliphatic rings. The summed E-state index contributed by atoms with van der Waals surface area (Å²) in [7, 11) is 1.59. The van der Waals surface area contributed by atoms with Crippen molar-refractivity contribution in [3.8, 4) is 16.9 Å². The molecule has 4 N–H and O–H groups in total. The topological polar surface area (TPSA) is 116 Å². The number of rotatable bonds is 13. The lowest BCUT2D eigenvalue weighted by atomic mass is 9.61. The molecular weight excluding hydrogens is 731 g/mol. The predicted molar refractivity (Wildman–Crippen MR) is 242 cm³/mol. The van der Waals surface area contributed by atoms with E-state index in [9.17, 15) is 4.79 Å². The highest BCUT2D eigenvalue weighted by molar-refractivity contribution is 6.09. The number of fused-ring (bicyclic) bond motifs is 1. The number of nitrogens with two attached hydrogens (primary N) is 2. The van der Waals surface area contributed by atoms with Gasteiger partial charge in [-0.3, -0.25) is 14.3 Å². The largest absolute Gasteiger partial charge is 0.497 e. The van der Waals surface area contributed by atoms with Crippen molar-refractivity contribution >= 4 is 34.1 Å². The molecule has 0 radical (unpaired) electrons. The van der Waals surface area contributed by atoms with Crippen LogP contribution in [0.4, 0.5) is 21.9 Å². The molecule has 8 nitrogen and oxygen atoms in total. The van der Waals surface area contributed by atoms with Crippen LogP contribution >= 0.6 is 0 Å². The molecule has 0 atom stereocenters. The Balaban J connectivity index is 1.58. The van der Waals surface area contributed by atoms with Gasteiger partial charge in [-0.15, -0.1) is 0 Å². The van der Waals surface area contributed by atoms with E-state index in [1.807, 2.05) is 66.7 Å². The zero-order valence-corrected chi connectivity index (χ0v) is 34.8. The first kappa shape index (κ1) is 40.5. The Bertz CT molecular complexity index is 2600. The van der Waals surface area contributed by atoms with Gasteiger partial charge < -0.3 is 16.2 Å². The van der Waals surface area contributed by atoms with Crippen LogP contribution in [0, 0.1) is 0 Å². The van der Waals surface area contributed by atoms with Gasteiger partial charge in [-0.1, -0.05) is 138 Å². The molecule has 0 bridgehead atoms. The Morgan fingerprint density at radius 1 is 0.780 bits per heavy atom. The molecule has 0 saturated carbocycles. The molecule has 300 valence electrons. The van der Waals surface area contributed by atoms with Crippen LogP contribution in [-0.4, -0.2) is 22.7 Å².